The van der Waals surface area contributed by atoms with E-state index in [0.29, 0.717) is 5.56 Å². The first-order valence-corrected chi connectivity index (χ1v) is 5.29. The fourth-order valence-corrected chi connectivity index (χ4v) is 1.90. The second-order valence-electron chi connectivity index (χ2n) is 4.20. The molecular weight excluding hydrogens is 228 g/mol. The molecule has 0 spiro atoms. The van der Waals surface area contributed by atoms with Crippen LogP contribution in [0.15, 0.2) is 18.2 Å². The highest BCUT2D eigenvalue weighted by Gasteiger charge is 2.47. The molecule has 0 aromatic heterocycles. The van der Waals surface area contributed by atoms with Crippen LogP contribution in [-0.2, 0) is 4.74 Å². The van der Waals surface area contributed by atoms with Gasteiger partial charge < -0.3 is 10.1 Å². The molecule has 1 aromatic carbocycles. The highest BCUT2D eigenvalue weighted by atomic mass is 19.3. The van der Waals surface area contributed by atoms with Crippen molar-refractivity contribution >= 4 is 6.09 Å². The first kappa shape index (κ1) is 11.8. The van der Waals surface area contributed by atoms with Crippen LogP contribution >= 0.6 is 0 Å². The van der Waals surface area contributed by atoms with E-state index in [2.05, 4.69) is 10.1 Å². The standard InChI is InChI=1S/C12H13F2NO2/c1-7-4-3-5-9(8(7)2)10-12(13,14)6-17-11(16)15-10/h3-5,10H,6H2,1-2H3,(H,15,16)/t10-/m0/s1. The predicted octanol–water partition coefficient (Wildman–Crippen LogP) is 2.72. The molecule has 1 atom stereocenters. The summed E-state index contributed by atoms with van der Waals surface area (Å²) < 4.78 is 31.7. The summed E-state index contributed by atoms with van der Waals surface area (Å²) in [5.41, 5.74) is 2.12. The van der Waals surface area contributed by atoms with Crippen molar-refractivity contribution in [1.82, 2.24) is 5.32 Å². The van der Waals surface area contributed by atoms with Crippen molar-refractivity contribution < 1.29 is 18.3 Å². The summed E-state index contributed by atoms with van der Waals surface area (Å²) in [7, 11) is 0. The Morgan fingerprint density at radius 3 is 2.82 bits per heavy atom. The van der Waals surface area contributed by atoms with Gasteiger partial charge >= 0.3 is 12.0 Å². The minimum absolute atomic E-state index is 0.437. The monoisotopic (exact) mass is 241 g/mol. The lowest BCUT2D eigenvalue weighted by Crippen LogP contribution is -2.49. The lowest BCUT2D eigenvalue weighted by atomic mass is 9.93. The SMILES string of the molecule is Cc1cccc([C@@H]2NC(=O)OCC2(F)F)c1C. The number of carbonyl (C=O) groups excluding carboxylic acids is 1. The van der Waals surface area contributed by atoms with E-state index < -0.39 is 24.7 Å². The van der Waals surface area contributed by atoms with Gasteiger partial charge in [0, 0.05) is 0 Å². The number of alkyl halides is 2. The highest BCUT2D eigenvalue weighted by molar-refractivity contribution is 5.69. The number of rotatable bonds is 1. The van der Waals surface area contributed by atoms with Crippen LogP contribution in [0.3, 0.4) is 0 Å². The molecule has 1 aliphatic rings. The summed E-state index contributed by atoms with van der Waals surface area (Å²) in [6.07, 6.45) is -0.804. The largest absolute Gasteiger partial charge is 0.443 e. The van der Waals surface area contributed by atoms with Crippen LogP contribution in [0, 0.1) is 13.8 Å². The number of aryl methyl sites for hydroxylation is 1. The molecule has 1 N–H and O–H groups in total. The molecule has 5 heteroatoms. The maximum absolute atomic E-state index is 13.7. The number of carbonyl (C=O) groups is 1. The number of hydrogen-bond donors (Lipinski definition) is 1. The molecule has 1 saturated heterocycles. The number of hydrogen-bond acceptors (Lipinski definition) is 2. The predicted molar refractivity (Wildman–Crippen MR) is 58.1 cm³/mol. The van der Waals surface area contributed by atoms with Crippen molar-refractivity contribution in [3.05, 3.63) is 34.9 Å². The third kappa shape index (κ3) is 2.09. The van der Waals surface area contributed by atoms with E-state index in [0.717, 1.165) is 11.1 Å². The maximum atomic E-state index is 13.7. The minimum Gasteiger partial charge on any atom is -0.443 e. The number of ether oxygens (including phenoxy) is 1. The average Bonchev–Trinajstić information content (AvgIpc) is 2.26. The number of benzene rings is 1. The summed E-state index contributed by atoms with van der Waals surface area (Å²) in [6.45, 7) is 2.73. The Labute approximate surface area is 97.8 Å². The quantitative estimate of drug-likeness (QED) is 0.821. The van der Waals surface area contributed by atoms with Gasteiger partial charge in [-0.25, -0.2) is 13.6 Å². The Balaban J connectivity index is 2.43. The smallest absolute Gasteiger partial charge is 0.408 e. The summed E-state index contributed by atoms with van der Waals surface area (Å²) >= 11 is 0. The zero-order valence-corrected chi connectivity index (χ0v) is 9.59. The molecule has 17 heavy (non-hydrogen) atoms. The molecule has 1 aromatic rings. The van der Waals surface area contributed by atoms with Crippen LogP contribution in [0.1, 0.15) is 22.7 Å². The molecule has 2 rings (SSSR count). The fourth-order valence-electron chi connectivity index (χ4n) is 1.90. The van der Waals surface area contributed by atoms with E-state index >= 15 is 0 Å². The van der Waals surface area contributed by atoms with Crippen molar-refractivity contribution in [2.24, 2.45) is 0 Å². The number of halogens is 2. The van der Waals surface area contributed by atoms with E-state index in [4.69, 9.17) is 0 Å². The summed E-state index contributed by atoms with van der Waals surface area (Å²) in [5, 5.41) is 2.18. The van der Waals surface area contributed by atoms with Crippen LogP contribution in [0.5, 0.6) is 0 Å². The van der Waals surface area contributed by atoms with Gasteiger partial charge in [-0.15, -0.1) is 0 Å². The zero-order chi connectivity index (χ0) is 12.6. The van der Waals surface area contributed by atoms with Crippen molar-refractivity contribution in [2.45, 2.75) is 25.8 Å². The van der Waals surface area contributed by atoms with E-state index in [1.807, 2.05) is 13.0 Å². The van der Waals surface area contributed by atoms with E-state index in [-0.39, 0.29) is 0 Å². The third-order valence-corrected chi connectivity index (χ3v) is 3.04. The van der Waals surface area contributed by atoms with Gasteiger partial charge in [-0.05, 0) is 30.5 Å². The molecule has 1 fully saturated rings. The molecule has 1 amide bonds. The highest BCUT2D eigenvalue weighted by Crippen LogP contribution is 2.36. The number of alkyl carbamates (subject to hydrolysis) is 1. The van der Waals surface area contributed by atoms with E-state index in [1.54, 1.807) is 19.1 Å². The Hall–Kier alpha value is -1.65. The van der Waals surface area contributed by atoms with Crippen LogP contribution < -0.4 is 5.32 Å². The molecule has 0 unspecified atom stereocenters. The van der Waals surface area contributed by atoms with E-state index in [9.17, 15) is 13.6 Å². The van der Waals surface area contributed by atoms with Crippen molar-refractivity contribution in [3.8, 4) is 0 Å². The first-order chi connectivity index (χ1) is 7.92. The van der Waals surface area contributed by atoms with Crippen LogP contribution in [0.4, 0.5) is 13.6 Å². The summed E-state index contributed by atoms with van der Waals surface area (Å²) in [6, 6.07) is 3.84. The maximum Gasteiger partial charge on any atom is 0.408 e. The average molecular weight is 241 g/mol. The van der Waals surface area contributed by atoms with Gasteiger partial charge in [0.2, 0.25) is 0 Å². The molecule has 0 aliphatic carbocycles. The Bertz CT molecular complexity index is 460. The Morgan fingerprint density at radius 2 is 2.12 bits per heavy atom. The zero-order valence-electron chi connectivity index (χ0n) is 9.59. The second kappa shape index (κ2) is 3.98. The topological polar surface area (TPSA) is 38.3 Å². The molecule has 0 radical (unpaired) electrons. The van der Waals surface area contributed by atoms with Crippen molar-refractivity contribution in [3.63, 3.8) is 0 Å². The molecular formula is C12H13F2NO2. The number of nitrogens with one attached hydrogen (secondary N) is 1. The van der Waals surface area contributed by atoms with Crippen LogP contribution in [0.2, 0.25) is 0 Å². The van der Waals surface area contributed by atoms with Gasteiger partial charge in [0.25, 0.3) is 0 Å². The summed E-state index contributed by atoms with van der Waals surface area (Å²) in [4.78, 5) is 11.1. The van der Waals surface area contributed by atoms with Gasteiger partial charge in [-0.2, -0.15) is 0 Å². The number of cyclic esters (lactones) is 1. The van der Waals surface area contributed by atoms with Gasteiger partial charge in [-0.1, -0.05) is 18.2 Å². The lowest BCUT2D eigenvalue weighted by molar-refractivity contribution is -0.104. The number of amides is 1. The normalized spacial score (nSPS) is 22.8. The lowest BCUT2D eigenvalue weighted by Gasteiger charge is -2.32. The molecule has 1 heterocycles. The summed E-state index contributed by atoms with van der Waals surface area (Å²) in [5.74, 6) is -3.09. The molecule has 1 aliphatic heterocycles. The second-order valence-corrected chi connectivity index (χ2v) is 4.20. The molecule has 3 nitrogen and oxygen atoms in total. The van der Waals surface area contributed by atoms with Crippen LogP contribution in [-0.4, -0.2) is 18.6 Å². The van der Waals surface area contributed by atoms with Gasteiger partial charge in [0.15, 0.2) is 6.61 Å². The Kier molecular flexibility index (Phi) is 2.77. The molecule has 0 saturated carbocycles. The first-order valence-electron chi connectivity index (χ1n) is 5.29. The van der Waals surface area contributed by atoms with Gasteiger partial charge in [0.05, 0.1) is 0 Å². The van der Waals surface area contributed by atoms with Gasteiger partial charge in [0.1, 0.15) is 6.04 Å². The van der Waals surface area contributed by atoms with Crippen molar-refractivity contribution in [1.29, 1.82) is 0 Å². The minimum atomic E-state index is -3.09. The fraction of sp³-hybridized carbons (Fsp3) is 0.417. The molecule has 92 valence electrons. The third-order valence-electron chi connectivity index (χ3n) is 3.04. The molecule has 0 bridgehead atoms. The van der Waals surface area contributed by atoms with Gasteiger partial charge in [-0.3, -0.25) is 0 Å². The van der Waals surface area contributed by atoms with Crippen LogP contribution in [0.25, 0.3) is 0 Å². The van der Waals surface area contributed by atoms with Crippen molar-refractivity contribution in [2.75, 3.05) is 6.61 Å². The van der Waals surface area contributed by atoms with E-state index in [1.165, 1.54) is 0 Å². The Morgan fingerprint density at radius 1 is 1.41 bits per heavy atom.